The van der Waals surface area contributed by atoms with Crippen molar-refractivity contribution >= 4 is 11.9 Å². The van der Waals surface area contributed by atoms with Gasteiger partial charge in [-0.3, -0.25) is 5.32 Å². The van der Waals surface area contributed by atoms with Crippen molar-refractivity contribution in [1.82, 2.24) is 25.2 Å². The Balaban J connectivity index is 1.89. The summed E-state index contributed by atoms with van der Waals surface area (Å²) in [5.41, 5.74) is -0.966. The van der Waals surface area contributed by atoms with Gasteiger partial charge in [-0.1, -0.05) is 0 Å². The summed E-state index contributed by atoms with van der Waals surface area (Å²) in [5.74, 6) is 0.960. The molecule has 0 atom stereocenters. The zero-order valence-electron chi connectivity index (χ0n) is 14.5. The maximum Gasteiger partial charge on any atom is 0.413 e. The van der Waals surface area contributed by atoms with Crippen molar-refractivity contribution in [2.45, 2.75) is 45.8 Å². The summed E-state index contributed by atoms with van der Waals surface area (Å²) in [7, 11) is 0. The predicted octanol–water partition coefficient (Wildman–Crippen LogP) is 2.23. The fourth-order valence-corrected chi connectivity index (χ4v) is 1.71. The number of amides is 1. The maximum atomic E-state index is 11.7. The van der Waals surface area contributed by atoms with Crippen LogP contribution in [0.4, 0.5) is 10.6 Å². The number of carbonyl (C=O) groups is 1. The van der Waals surface area contributed by atoms with E-state index < -0.39 is 17.2 Å². The number of nitrogens with zero attached hydrogens (tertiary/aromatic N) is 5. The van der Waals surface area contributed by atoms with Crippen LogP contribution in [0, 0.1) is 0 Å². The van der Waals surface area contributed by atoms with Crippen LogP contribution in [0.15, 0.2) is 24.7 Å². The van der Waals surface area contributed by atoms with Crippen LogP contribution in [0.1, 0.15) is 34.6 Å². The Kier molecular flexibility index (Phi) is 5.01. The molecule has 2 heterocycles. The standard InChI is InChI=1S/C15H22N6O3/c1-14(2,3)24-13(22)18-12-7-6-11(8-16-12)23-9-15(4,5)21-10-17-19-20-21/h6-8,10H,9H2,1-5H3,(H,16,18,22). The molecule has 24 heavy (non-hydrogen) atoms. The molecule has 130 valence electrons. The lowest BCUT2D eigenvalue weighted by Gasteiger charge is -2.23. The average Bonchev–Trinajstić information content (AvgIpc) is 2.99. The van der Waals surface area contributed by atoms with Crippen LogP contribution >= 0.6 is 0 Å². The molecular weight excluding hydrogens is 312 g/mol. The highest BCUT2D eigenvalue weighted by atomic mass is 16.6. The zero-order chi connectivity index (χ0) is 17.8. The molecule has 0 fully saturated rings. The molecule has 2 aromatic rings. The van der Waals surface area contributed by atoms with Gasteiger partial charge in [0.05, 0.1) is 11.7 Å². The molecule has 0 unspecified atom stereocenters. The van der Waals surface area contributed by atoms with E-state index in [1.165, 1.54) is 12.5 Å². The molecule has 9 heteroatoms. The van der Waals surface area contributed by atoms with Crippen LogP contribution in [0.2, 0.25) is 0 Å². The Bertz CT molecular complexity index is 662. The summed E-state index contributed by atoms with van der Waals surface area (Å²) >= 11 is 0. The van der Waals surface area contributed by atoms with Gasteiger partial charge in [-0.2, -0.15) is 0 Å². The number of rotatable bonds is 5. The highest BCUT2D eigenvalue weighted by molar-refractivity contribution is 5.83. The molecule has 0 saturated heterocycles. The molecule has 2 rings (SSSR count). The lowest BCUT2D eigenvalue weighted by molar-refractivity contribution is 0.0635. The quantitative estimate of drug-likeness (QED) is 0.894. The molecule has 1 amide bonds. The lowest BCUT2D eigenvalue weighted by atomic mass is 10.1. The van der Waals surface area contributed by atoms with Gasteiger partial charge in [-0.25, -0.2) is 14.5 Å². The van der Waals surface area contributed by atoms with E-state index in [1.54, 1.807) is 37.6 Å². The molecular formula is C15H22N6O3. The first-order chi connectivity index (χ1) is 11.2. The van der Waals surface area contributed by atoms with E-state index in [2.05, 4.69) is 25.8 Å². The van der Waals surface area contributed by atoms with Crippen molar-refractivity contribution in [1.29, 1.82) is 0 Å². The van der Waals surface area contributed by atoms with Gasteiger partial charge in [0.25, 0.3) is 0 Å². The molecule has 0 aliphatic carbocycles. The summed E-state index contributed by atoms with van der Waals surface area (Å²) in [6.45, 7) is 9.65. The van der Waals surface area contributed by atoms with Crippen molar-refractivity contribution < 1.29 is 14.3 Å². The normalized spacial score (nSPS) is 11.9. The lowest BCUT2D eigenvalue weighted by Crippen LogP contribution is -2.34. The van der Waals surface area contributed by atoms with Crippen LogP contribution in [0.3, 0.4) is 0 Å². The molecule has 0 aromatic carbocycles. The Morgan fingerprint density at radius 1 is 1.25 bits per heavy atom. The number of hydrogen-bond acceptors (Lipinski definition) is 7. The fourth-order valence-electron chi connectivity index (χ4n) is 1.71. The Labute approximate surface area is 140 Å². The van der Waals surface area contributed by atoms with Crippen molar-refractivity contribution in [3.8, 4) is 5.75 Å². The fraction of sp³-hybridized carbons (Fsp3) is 0.533. The van der Waals surface area contributed by atoms with E-state index in [0.29, 0.717) is 18.2 Å². The van der Waals surface area contributed by atoms with Crippen LogP contribution in [-0.4, -0.2) is 43.5 Å². The second-order valence-electron chi connectivity index (χ2n) is 6.86. The summed E-state index contributed by atoms with van der Waals surface area (Å²) in [4.78, 5) is 15.8. The van der Waals surface area contributed by atoms with Gasteiger partial charge in [-0.15, -0.1) is 5.10 Å². The van der Waals surface area contributed by atoms with Crippen LogP contribution in [0.25, 0.3) is 0 Å². The molecule has 0 bridgehead atoms. The second-order valence-corrected chi connectivity index (χ2v) is 6.86. The van der Waals surface area contributed by atoms with Gasteiger partial charge >= 0.3 is 6.09 Å². The SMILES string of the molecule is CC(C)(C)OC(=O)Nc1ccc(OCC(C)(C)n2cnnn2)cn1. The molecule has 0 radical (unpaired) electrons. The zero-order valence-corrected chi connectivity index (χ0v) is 14.5. The van der Waals surface area contributed by atoms with Crippen LogP contribution < -0.4 is 10.1 Å². The topological polar surface area (TPSA) is 104 Å². The van der Waals surface area contributed by atoms with Gasteiger partial charge in [0.15, 0.2) is 0 Å². The minimum atomic E-state index is -0.561. The summed E-state index contributed by atoms with van der Waals surface area (Å²) in [5, 5.41) is 13.7. The molecule has 0 aliphatic rings. The largest absolute Gasteiger partial charge is 0.489 e. The van der Waals surface area contributed by atoms with Gasteiger partial charge in [0.1, 0.15) is 30.1 Å². The number of anilines is 1. The highest BCUT2D eigenvalue weighted by Gasteiger charge is 2.23. The molecule has 2 aromatic heterocycles. The first-order valence-electron chi connectivity index (χ1n) is 7.48. The first kappa shape index (κ1) is 17.6. The summed E-state index contributed by atoms with van der Waals surface area (Å²) in [6, 6.07) is 3.36. The van der Waals surface area contributed by atoms with Gasteiger partial charge in [0, 0.05) is 0 Å². The van der Waals surface area contributed by atoms with E-state index in [1.807, 2.05) is 13.8 Å². The summed E-state index contributed by atoms with van der Waals surface area (Å²) in [6.07, 6.45) is 2.51. The Morgan fingerprint density at radius 2 is 2.00 bits per heavy atom. The number of pyridine rings is 1. The Hall–Kier alpha value is -2.71. The van der Waals surface area contributed by atoms with Crippen LogP contribution in [-0.2, 0) is 10.3 Å². The smallest absolute Gasteiger partial charge is 0.413 e. The number of nitrogens with one attached hydrogen (secondary N) is 1. The molecule has 1 N–H and O–H groups in total. The predicted molar refractivity (Wildman–Crippen MR) is 86.7 cm³/mol. The third-order valence-corrected chi connectivity index (χ3v) is 2.93. The molecule has 0 saturated carbocycles. The number of aromatic nitrogens is 5. The van der Waals surface area contributed by atoms with E-state index in [9.17, 15) is 4.79 Å². The minimum absolute atomic E-state index is 0.360. The minimum Gasteiger partial charge on any atom is -0.489 e. The van der Waals surface area contributed by atoms with Gasteiger partial charge in [0.2, 0.25) is 0 Å². The molecule has 0 spiro atoms. The Morgan fingerprint density at radius 3 is 2.54 bits per heavy atom. The number of carbonyl (C=O) groups excluding carboxylic acids is 1. The third-order valence-electron chi connectivity index (χ3n) is 2.93. The van der Waals surface area contributed by atoms with Crippen molar-refractivity contribution in [2.24, 2.45) is 0 Å². The van der Waals surface area contributed by atoms with Crippen molar-refractivity contribution in [3.63, 3.8) is 0 Å². The monoisotopic (exact) mass is 334 g/mol. The van der Waals surface area contributed by atoms with E-state index in [0.717, 1.165) is 0 Å². The average molecular weight is 334 g/mol. The number of tetrazole rings is 1. The van der Waals surface area contributed by atoms with E-state index >= 15 is 0 Å². The van der Waals surface area contributed by atoms with E-state index in [4.69, 9.17) is 9.47 Å². The summed E-state index contributed by atoms with van der Waals surface area (Å²) < 4.78 is 12.5. The highest BCUT2D eigenvalue weighted by Crippen LogP contribution is 2.18. The van der Waals surface area contributed by atoms with Gasteiger partial charge < -0.3 is 9.47 Å². The first-order valence-corrected chi connectivity index (χ1v) is 7.48. The van der Waals surface area contributed by atoms with Crippen LogP contribution in [0.5, 0.6) is 5.75 Å². The third kappa shape index (κ3) is 5.18. The maximum absolute atomic E-state index is 11.7. The number of hydrogen-bond donors (Lipinski definition) is 1. The molecule has 0 aliphatic heterocycles. The van der Waals surface area contributed by atoms with Gasteiger partial charge in [-0.05, 0) is 57.2 Å². The van der Waals surface area contributed by atoms with E-state index in [-0.39, 0.29) is 0 Å². The van der Waals surface area contributed by atoms with Crippen molar-refractivity contribution in [3.05, 3.63) is 24.7 Å². The van der Waals surface area contributed by atoms with Crippen molar-refractivity contribution in [2.75, 3.05) is 11.9 Å². The number of ether oxygens (including phenoxy) is 2. The molecule has 9 nitrogen and oxygen atoms in total. The second kappa shape index (κ2) is 6.81.